The minimum Gasteiger partial charge on any atom is -0.353 e. The van der Waals surface area contributed by atoms with Gasteiger partial charge in [0.2, 0.25) is 0 Å². The van der Waals surface area contributed by atoms with E-state index in [1.807, 2.05) is 11.0 Å². The summed E-state index contributed by atoms with van der Waals surface area (Å²) in [5.74, 6) is 0.819. The number of pyridine rings is 1. The Kier molecular flexibility index (Phi) is 4.28. The molecule has 6 heteroatoms. The maximum atomic E-state index is 12.9. The number of hydrogen-bond donors (Lipinski definition) is 1. The SMILES string of the molecule is Cc1cc(C)c2cc(C(=O)N3CCN(c4cc(C#N)ccn4)CC3)[nH]c2c1. The third-order valence-corrected chi connectivity index (χ3v) is 5.09. The number of H-pyrrole nitrogens is 1. The van der Waals surface area contributed by atoms with Crippen molar-refractivity contribution in [2.45, 2.75) is 13.8 Å². The molecule has 0 saturated carbocycles. The first-order valence-corrected chi connectivity index (χ1v) is 9.05. The molecule has 1 aliphatic rings. The molecule has 27 heavy (non-hydrogen) atoms. The van der Waals surface area contributed by atoms with Gasteiger partial charge in [-0.25, -0.2) is 4.98 Å². The average molecular weight is 359 g/mol. The van der Waals surface area contributed by atoms with Gasteiger partial charge >= 0.3 is 0 Å². The van der Waals surface area contributed by atoms with Gasteiger partial charge in [0.15, 0.2) is 0 Å². The Bertz CT molecular complexity index is 1050. The summed E-state index contributed by atoms with van der Waals surface area (Å²) >= 11 is 0. The highest BCUT2D eigenvalue weighted by atomic mass is 16.2. The van der Waals surface area contributed by atoms with E-state index >= 15 is 0 Å². The van der Waals surface area contributed by atoms with Gasteiger partial charge < -0.3 is 14.8 Å². The van der Waals surface area contributed by atoms with E-state index in [4.69, 9.17) is 5.26 Å². The van der Waals surface area contributed by atoms with Crippen molar-refractivity contribution in [3.05, 3.63) is 58.9 Å². The number of hydrogen-bond acceptors (Lipinski definition) is 4. The van der Waals surface area contributed by atoms with Crippen LogP contribution in [0.5, 0.6) is 0 Å². The molecule has 1 aliphatic heterocycles. The summed E-state index contributed by atoms with van der Waals surface area (Å²) in [4.78, 5) is 24.5. The van der Waals surface area contributed by atoms with Gasteiger partial charge in [-0.15, -0.1) is 0 Å². The summed E-state index contributed by atoms with van der Waals surface area (Å²) in [6.45, 7) is 6.79. The lowest BCUT2D eigenvalue weighted by Gasteiger charge is -2.35. The van der Waals surface area contributed by atoms with Gasteiger partial charge in [0.05, 0.1) is 11.6 Å². The highest BCUT2D eigenvalue weighted by Gasteiger charge is 2.24. The molecule has 0 radical (unpaired) electrons. The second kappa shape index (κ2) is 6.76. The van der Waals surface area contributed by atoms with Crippen LogP contribution in [0.25, 0.3) is 10.9 Å². The topological polar surface area (TPSA) is 76.0 Å². The standard InChI is InChI=1S/C21H21N5O/c1-14-9-15(2)17-12-19(24-18(17)10-14)21(27)26-7-5-25(6-8-26)20-11-16(13-22)3-4-23-20/h3-4,9-12,24H,5-8H2,1-2H3. The molecule has 1 amide bonds. The van der Waals surface area contributed by atoms with E-state index < -0.39 is 0 Å². The van der Waals surface area contributed by atoms with E-state index in [2.05, 4.69) is 46.9 Å². The fourth-order valence-electron chi connectivity index (χ4n) is 3.68. The highest BCUT2D eigenvalue weighted by molar-refractivity contribution is 5.99. The summed E-state index contributed by atoms with van der Waals surface area (Å²) in [6.07, 6.45) is 1.65. The number of nitrogens with zero attached hydrogens (tertiary/aromatic N) is 4. The van der Waals surface area contributed by atoms with Crippen LogP contribution in [-0.4, -0.2) is 47.0 Å². The molecule has 0 bridgehead atoms. The zero-order valence-electron chi connectivity index (χ0n) is 15.5. The fourth-order valence-corrected chi connectivity index (χ4v) is 3.68. The number of anilines is 1. The van der Waals surface area contributed by atoms with Crippen molar-refractivity contribution in [1.82, 2.24) is 14.9 Å². The molecule has 0 unspecified atom stereocenters. The largest absolute Gasteiger partial charge is 0.353 e. The lowest BCUT2D eigenvalue weighted by Crippen LogP contribution is -2.49. The number of aromatic amines is 1. The molecule has 1 N–H and O–H groups in total. The first-order chi connectivity index (χ1) is 13.0. The summed E-state index contributed by atoms with van der Waals surface area (Å²) < 4.78 is 0. The minimum atomic E-state index is 0.0293. The molecule has 136 valence electrons. The molecule has 3 heterocycles. The summed E-state index contributed by atoms with van der Waals surface area (Å²) in [7, 11) is 0. The predicted molar refractivity (Wildman–Crippen MR) is 105 cm³/mol. The maximum absolute atomic E-state index is 12.9. The second-order valence-electron chi connectivity index (χ2n) is 7.02. The smallest absolute Gasteiger partial charge is 0.270 e. The number of nitriles is 1. The number of rotatable bonds is 2. The molecule has 3 aromatic rings. The van der Waals surface area contributed by atoms with Crippen molar-refractivity contribution in [3.8, 4) is 6.07 Å². The van der Waals surface area contributed by atoms with E-state index in [1.165, 1.54) is 11.1 Å². The number of aryl methyl sites for hydroxylation is 2. The van der Waals surface area contributed by atoms with Crippen LogP contribution < -0.4 is 4.90 Å². The Morgan fingerprint density at radius 1 is 1.15 bits per heavy atom. The number of amides is 1. The van der Waals surface area contributed by atoms with E-state index in [-0.39, 0.29) is 5.91 Å². The Morgan fingerprint density at radius 2 is 1.93 bits per heavy atom. The third-order valence-electron chi connectivity index (χ3n) is 5.09. The zero-order chi connectivity index (χ0) is 19.0. The number of fused-ring (bicyclic) bond motifs is 1. The molecule has 2 aromatic heterocycles. The van der Waals surface area contributed by atoms with Crippen molar-refractivity contribution in [2.24, 2.45) is 0 Å². The third kappa shape index (κ3) is 3.24. The molecular formula is C21H21N5O. The summed E-state index contributed by atoms with van der Waals surface area (Å²) in [6, 6.07) is 11.8. The normalized spacial score (nSPS) is 14.4. The van der Waals surface area contributed by atoms with Gasteiger partial charge in [-0.3, -0.25) is 4.79 Å². The van der Waals surface area contributed by atoms with Crippen LogP contribution in [-0.2, 0) is 0 Å². The van der Waals surface area contributed by atoms with Crippen molar-refractivity contribution in [2.75, 3.05) is 31.1 Å². The molecule has 0 aliphatic carbocycles. The van der Waals surface area contributed by atoms with Crippen LogP contribution in [0.1, 0.15) is 27.2 Å². The summed E-state index contributed by atoms with van der Waals surface area (Å²) in [5, 5.41) is 10.1. The summed E-state index contributed by atoms with van der Waals surface area (Å²) in [5.41, 5.74) is 4.60. The first-order valence-electron chi connectivity index (χ1n) is 9.05. The molecule has 6 nitrogen and oxygen atoms in total. The van der Waals surface area contributed by atoms with E-state index in [0.717, 1.165) is 16.7 Å². The number of benzene rings is 1. The molecular weight excluding hydrogens is 338 g/mol. The first kappa shape index (κ1) is 17.1. The van der Waals surface area contributed by atoms with Gasteiger partial charge in [0.25, 0.3) is 5.91 Å². The van der Waals surface area contributed by atoms with Crippen LogP contribution in [0.4, 0.5) is 5.82 Å². The number of nitrogens with one attached hydrogen (secondary N) is 1. The van der Waals surface area contributed by atoms with Crippen LogP contribution >= 0.6 is 0 Å². The van der Waals surface area contributed by atoms with Crippen molar-refractivity contribution in [1.29, 1.82) is 5.26 Å². The van der Waals surface area contributed by atoms with E-state index in [1.54, 1.807) is 18.3 Å². The molecule has 1 saturated heterocycles. The van der Waals surface area contributed by atoms with Crippen molar-refractivity contribution >= 4 is 22.6 Å². The molecule has 4 rings (SSSR count). The quantitative estimate of drug-likeness (QED) is 0.763. The van der Waals surface area contributed by atoms with Crippen LogP contribution in [0, 0.1) is 25.2 Å². The van der Waals surface area contributed by atoms with Crippen molar-refractivity contribution < 1.29 is 4.79 Å². The van der Waals surface area contributed by atoms with E-state index in [0.29, 0.717) is 37.4 Å². The maximum Gasteiger partial charge on any atom is 0.270 e. The Balaban J connectivity index is 1.49. The van der Waals surface area contributed by atoms with Crippen LogP contribution in [0.3, 0.4) is 0 Å². The Hall–Kier alpha value is -3.33. The predicted octanol–water partition coefficient (Wildman–Crippen LogP) is 3.01. The van der Waals surface area contributed by atoms with Crippen molar-refractivity contribution in [3.63, 3.8) is 0 Å². The average Bonchev–Trinajstić information content (AvgIpc) is 3.12. The van der Waals surface area contributed by atoms with Crippen LogP contribution in [0.2, 0.25) is 0 Å². The second-order valence-corrected chi connectivity index (χ2v) is 7.02. The molecule has 1 fully saturated rings. The highest BCUT2D eigenvalue weighted by Crippen LogP contribution is 2.23. The lowest BCUT2D eigenvalue weighted by molar-refractivity contribution is 0.0741. The van der Waals surface area contributed by atoms with Gasteiger partial charge in [0.1, 0.15) is 11.5 Å². The molecule has 0 spiro atoms. The Morgan fingerprint density at radius 3 is 2.67 bits per heavy atom. The van der Waals surface area contributed by atoms with Gasteiger partial charge in [0, 0.05) is 43.3 Å². The van der Waals surface area contributed by atoms with E-state index in [9.17, 15) is 4.79 Å². The van der Waals surface area contributed by atoms with Gasteiger partial charge in [-0.05, 0) is 49.2 Å². The van der Waals surface area contributed by atoms with Crippen LogP contribution in [0.15, 0.2) is 36.5 Å². The lowest BCUT2D eigenvalue weighted by atomic mass is 10.1. The van der Waals surface area contributed by atoms with Gasteiger partial charge in [-0.1, -0.05) is 6.07 Å². The molecule has 0 atom stereocenters. The Labute approximate surface area is 158 Å². The number of carbonyl (C=O) groups is 1. The zero-order valence-corrected chi connectivity index (χ0v) is 15.5. The monoisotopic (exact) mass is 359 g/mol. The number of aromatic nitrogens is 2. The number of carbonyl (C=O) groups excluding carboxylic acids is 1. The minimum absolute atomic E-state index is 0.0293. The number of piperazine rings is 1. The fraction of sp³-hybridized carbons (Fsp3) is 0.286. The van der Waals surface area contributed by atoms with Gasteiger partial charge in [-0.2, -0.15) is 5.26 Å². The molecule has 1 aromatic carbocycles.